The van der Waals surface area contributed by atoms with Crippen molar-refractivity contribution in [2.45, 2.75) is 4.90 Å². The first-order valence-electron chi connectivity index (χ1n) is 4.46. The third kappa shape index (κ3) is 1.85. The summed E-state index contributed by atoms with van der Waals surface area (Å²) in [6, 6.07) is 3.24. The molecule has 1 amide bonds. The maximum atomic E-state index is 11.6. The van der Waals surface area contributed by atoms with Crippen LogP contribution in [-0.4, -0.2) is 26.4 Å². The van der Waals surface area contributed by atoms with E-state index in [4.69, 9.17) is 0 Å². The quantitative estimate of drug-likeness (QED) is 0.448. The summed E-state index contributed by atoms with van der Waals surface area (Å²) in [5.41, 5.74) is -0.263. The number of nitro groups is 1. The number of hydrogen-bond donors (Lipinski definition) is 1. The van der Waals surface area contributed by atoms with Crippen molar-refractivity contribution < 1.29 is 18.1 Å². The number of rotatable bonds is 2. The van der Waals surface area contributed by atoms with E-state index in [2.05, 4.69) is 4.72 Å². The third-order valence-electron chi connectivity index (χ3n) is 2.30. The summed E-state index contributed by atoms with van der Waals surface area (Å²) in [4.78, 5) is 21.6. The highest BCUT2D eigenvalue weighted by molar-refractivity contribution is 7.89. The third-order valence-corrected chi connectivity index (χ3v) is 3.74. The molecular formula is C8H7N3O5S. The van der Waals surface area contributed by atoms with Gasteiger partial charge in [-0.25, -0.2) is 8.42 Å². The Kier molecular flexibility index (Phi) is 2.56. The number of nitrogens with zero attached hydrogens (tertiary/aromatic N) is 2. The zero-order valence-electron chi connectivity index (χ0n) is 8.36. The Labute approximate surface area is 96.0 Å². The van der Waals surface area contributed by atoms with Crippen molar-refractivity contribution in [2.24, 2.45) is 0 Å². The predicted octanol–water partition coefficient (Wildman–Crippen LogP) is -0.193. The Morgan fingerprint density at radius 3 is 2.76 bits per heavy atom. The van der Waals surface area contributed by atoms with Crippen molar-refractivity contribution in [2.75, 3.05) is 11.6 Å². The number of benzene rings is 1. The van der Waals surface area contributed by atoms with E-state index in [1.165, 1.54) is 0 Å². The first-order valence-corrected chi connectivity index (χ1v) is 5.94. The summed E-state index contributed by atoms with van der Waals surface area (Å²) in [5.74, 6) is 0. The van der Waals surface area contributed by atoms with E-state index in [1.54, 1.807) is 0 Å². The van der Waals surface area contributed by atoms with Crippen molar-refractivity contribution in [1.82, 2.24) is 4.72 Å². The fourth-order valence-corrected chi connectivity index (χ4v) is 2.65. The second-order valence-electron chi connectivity index (χ2n) is 3.29. The Hall–Kier alpha value is -2.00. The molecule has 1 heterocycles. The number of nitrogens with one attached hydrogen (secondary N) is 1. The van der Waals surface area contributed by atoms with Crippen molar-refractivity contribution in [3.63, 3.8) is 0 Å². The molecule has 0 saturated heterocycles. The molecule has 0 saturated carbocycles. The molecule has 0 bridgehead atoms. The van der Waals surface area contributed by atoms with Gasteiger partial charge in [-0.05, 0) is 6.07 Å². The van der Waals surface area contributed by atoms with Gasteiger partial charge in [0, 0.05) is 12.1 Å². The average molecular weight is 257 g/mol. The maximum absolute atomic E-state index is 11.6. The smallest absolute Gasteiger partial charge is 0.271 e. The molecule has 0 spiro atoms. The van der Waals surface area contributed by atoms with Gasteiger partial charge in [0.15, 0.2) is 0 Å². The van der Waals surface area contributed by atoms with Crippen LogP contribution >= 0.6 is 0 Å². The summed E-state index contributed by atoms with van der Waals surface area (Å²) in [6.07, 6.45) is 0.407. The number of amides is 1. The molecule has 17 heavy (non-hydrogen) atoms. The summed E-state index contributed by atoms with van der Waals surface area (Å²) >= 11 is 0. The van der Waals surface area contributed by atoms with Crippen LogP contribution in [0.15, 0.2) is 23.1 Å². The van der Waals surface area contributed by atoms with Crippen LogP contribution < -0.4 is 9.62 Å². The Bertz CT molecular complexity index is 597. The average Bonchev–Trinajstić information content (AvgIpc) is 2.28. The molecule has 1 aromatic carbocycles. The van der Waals surface area contributed by atoms with E-state index >= 15 is 0 Å². The van der Waals surface area contributed by atoms with Gasteiger partial charge in [0.1, 0.15) is 4.90 Å². The number of non-ortho nitro benzene ring substituents is 1. The van der Waals surface area contributed by atoms with Gasteiger partial charge in [-0.3, -0.25) is 19.8 Å². The van der Waals surface area contributed by atoms with Crippen LogP contribution in [0.25, 0.3) is 0 Å². The van der Waals surface area contributed by atoms with E-state index in [0.717, 1.165) is 23.1 Å². The summed E-state index contributed by atoms with van der Waals surface area (Å²) in [7, 11) is -3.70. The monoisotopic (exact) mass is 257 g/mol. The second-order valence-corrected chi connectivity index (χ2v) is 5.03. The van der Waals surface area contributed by atoms with Crippen LogP contribution in [-0.2, 0) is 14.8 Å². The van der Waals surface area contributed by atoms with Gasteiger partial charge in [-0.2, -0.15) is 4.72 Å². The van der Waals surface area contributed by atoms with Gasteiger partial charge < -0.3 is 0 Å². The lowest BCUT2D eigenvalue weighted by Gasteiger charge is -2.25. The van der Waals surface area contributed by atoms with Gasteiger partial charge in [-0.15, -0.1) is 0 Å². The van der Waals surface area contributed by atoms with Crippen LogP contribution in [0.2, 0.25) is 0 Å². The highest BCUT2D eigenvalue weighted by Gasteiger charge is 2.29. The van der Waals surface area contributed by atoms with Gasteiger partial charge in [0.05, 0.1) is 17.3 Å². The Morgan fingerprint density at radius 2 is 2.18 bits per heavy atom. The predicted molar refractivity (Wildman–Crippen MR) is 56.8 cm³/mol. The molecular weight excluding hydrogens is 250 g/mol. The van der Waals surface area contributed by atoms with E-state index in [1.807, 2.05) is 0 Å². The molecule has 8 nitrogen and oxygen atoms in total. The topological polar surface area (TPSA) is 110 Å². The molecule has 1 N–H and O–H groups in total. The second kappa shape index (κ2) is 3.79. The van der Waals surface area contributed by atoms with Gasteiger partial charge >= 0.3 is 0 Å². The number of nitro benzene ring substituents is 1. The van der Waals surface area contributed by atoms with Crippen LogP contribution in [0, 0.1) is 10.1 Å². The number of carbonyl (C=O) groups excluding carboxylic acids is 1. The largest absolute Gasteiger partial charge is 0.299 e. The lowest BCUT2D eigenvalue weighted by Crippen LogP contribution is -2.42. The highest BCUT2D eigenvalue weighted by Crippen LogP contribution is 2.31. The lowest BCUT2D eigenvalue weighted by molar-refractivity contribution is -0.384. The lowest BCUT2D eigenvalue weighted by atomic mass is 10.2. The Balaban J connectivity index is 2.67. The zero-order valence-corrected chi connectivity index (χ0v) is 9.18. The molecule has 0 fully saturated rings. The molecule has 1 aliphatic rings. The molecule has 9 heteroatoms. The number of carbonyl (C=O) groups is 1. The molecule has 0 aliphatic carbocycles. The number of anilines is 1. The molecule has 0 radical (unpaired) electrons. The highest BCUT2D eigenvalue weighted by atomic mass is 32.2. The molecule has 2 rings (SSSR count). The first kappa shape index (κ1) is 11.5. The van der Waals surface area contributed by atoms with Gasteiger partial charge in [0.25, 0.3) is 5.69 Å². The van der Waals surface area contributed by atoms with Gasteiger partial charge in [0.2, 0.25) is 16.4 Å². The number of fused-ring (bicyclic) bond motifs is 1. The summed E-state index contributed by atoms with van der Waals surface area (Å²) in [6.45, 7) is -0.236. The maximum Gasteiger partial charge on any atom is 0.271 e. The summed E-state index contributed by atoms with van der Waals surface area (Å²) in [5, 5.41) is 10.6. The van der Waals surface area contributed by atoms with Crippen molar-refractivity contribution >= 4 is 27.8 Å². The normalized spacial score (nSPS) is 17.3. The van der Waals surface area contributed by atoms with Crippen molar-refractivity contribution in [3.05, 3.63) is 28.3 Å². The van der Waals surface area contributed by atoms with Crippen molar-refractivity contribution in [1.29, 1.82) is 0 Å². The van der Waals surface area contributed by atoms with Crippen LogP contribution in [0.3, 0.4) is 0 Å². The van der Waals surface area contributed by atoms with Crippen LogP contribution in [0.1, 0.15) is 0 Å². The van der Waals surface area contributed by atoms with Crippen LogP contribution in [0.5, 0.6) is 0 Å². The first-order chi connectivity index (χ1) is 7.95. The SMILES string of the molecule is O=CN1CNS(=O)(=O)c2ccc([N+](=O)[O-])cc21. The fraction of sp³-hybridized carbons (Fsp3) is 0.125. The molecule has 0 unspecified atom stereocenters. The standard InChI is InChI=1S/C8H7N3O5S/c12-5-10-4-9-17(15,16)8-2-1-6(11(13)14)3-7(8)10/h1-3,5,9H,4H2. The zero-order chi connectivity index (χ0) is 12.6. The summed E-state index contributed by atoms with van der Waals surface area (Å²) < 4.78 is 25.3. The van der Waals surface area contributed by atoms with E-state index in [-0.39, 0.29) is 22.9 Å². The minimum Gasteiger partial charge on any atom is -0.299 e. The molecule has 90 valence electrons. The van der Waals surface area contributed by atoms with Crippen LogP contribution in [0.4, 0.5) is 11.4 Å². The number of sulfonamides is 1. The molecule has 0 aromatic heterocycles. The van der Waals surface area contributed by atoms with Gasteiger partial charge in [-0.1, -0.05) is 0 Å². The van der Waals surface area contributed by atoms with E-state index < -0.39 is 14.9 Å². The van der Waals surface area contributed by atoms with Crippen molar-refractivity contribution in [3.8, 4) is 0 Å². The Morgan fingerprint density at radius 1 is 1.47 bits per heavy atom. The minimum absolute atomic E-state index is 0.00736. The van der Waals surface area contributed by atoms with E-state index in [0.29, 0.717) is 6.41 Å². The number of hydrogen-bond acceptors (Lipinski definition) is 5. The molecule has 1 aliphatic heterocycles. The minimum atomic E-state index is -3.70. The van der Waals surface area contributed by atoms with E-state index in [9.17, 15) is 23.3 Å². The molecule has 0 atom stereocenters. The molecule has 1 aromatic rings. The fourth-order valence-electron chi connectivity index (χ4n) is 1.48.